The molecule has 0 heterocycles. The number of benzene rings is 1. The maximum absolute atomic E-state index is 12.0. The molecule has 0 aliphatic heterocycles. The Morgan fingerprint density at radius 3 is 2.50 bits per heavy atom. The van der Waals surface area contributed by atoms with Gasteiger partial charge in [0.2, 0.25) is 0 Å². The average Bonchev–Trinajstić information content (AvgIpc) is 2.90. The van der Waals surface area contributed by atoms with Crippen molar-refractivity contribution in [2.45, 2.75) is 37.6 Å². The largest absolute Gasteiger partial charge is 0.394 e. The molecule has 0 atom stereocenters. The first kappa shape index (κ1) is 14.4. The third-order valence-electron chi connectivity index (χ3n) is 3.74. The van der Waals surface area contributed by atoms with Gasteiger partial charge in [-0.3, -0.25) is 0 Å². The summed E-state index contributed by atoms with van der Waals surface area (Å²) in [6.07, 6.45) is 4.06. The summed E-state index contributed by atoms with van der Waals surface area (Å²) in [5.41, 5.74) is 1.13. The Kier molecular flexibility index (Phi) is 4.59. The lowest BCUT2D eigenvalue weighted by Crippen LogP contribution is -2.50. The highest BCUT2D eigenvalue weighted by molar-refractivity contribution is 5.89. The molecule has 0 spiro atoms. The highest BCUT2D eigenvalue weighted by atomic mass is 16.3. The van der Waals surface area contributed by atoms with Crippen molar-refractivity contribution in [1.82, 2.24) is 5.32 Å². The summed E-state index contributed by atoms with van der Waals surface area (Å²) in [4.78, 5) is 12.0. The predicted octanol–water partition coefficient (Wildman–Crippen LogP) is 2.18. The van der Waals surface area contributed by atoms with Gasteiger partial charge >= 0.3 is 6.03 Å². The van der Waals surface area contributed by atoms with Crippen LogP contribution < -0.4 is 10.6 Å². The number of nitriles is 1. The van der Waals surface area contributed by atoms with Crippen molar-refractivity contribution in [3.05, 3.63) is 29.8 Å². The van der Waals surface area contributed by atoms with Gasteiger partial charge in [0.15, 0.2) is 0 Å². The molecular formula is C15H19N3O2. The van der Waals surface area contributed by atoms with E-state index in [2.05, 4.69) is 16.7 Å². The maximum Gasteiger partial charge on any atom is 0.319 e. The number of aliphatic hydroxyl groups excluding tert-OH is 1. The predicted molar refractivity (Wildman–Crippen MR) is 76.2 cm³/mol. The molecule has 1 fully saturated rings. The van der Waals surface area contributed by atoms with Crippen molar-refractivity contribution in [3.8, 4) is 6.07 Å². The second-order valence-corrected chi connectivity index (χ2v) is 5.26. The highest BCUT2D eigenvalue weighted by Gasteiger charge is 2.34. The first-order chi connectivity index (χ1) is 9.67. The Morgan fingerprint density at radius 1 is 1.30 bits per heavy atom. The summed E-state index contributed by atoms with van der Waals surface area (Å²) < 4.78 is 0. The van der Waals surface area contributed by atoms with Crippen molar-refractivity contribution < 1.29 is 9.90 Å². The van der Waals surface area contributed by atoms with Gasteiger partial charge in [0, 0.05) is 5.69 Å². The van der Waals surface area contributed by atoms with E-state index in [1.54, 1.807) is 12.1 Å². The second kappa shape index (κ2) is 6.40. The van der Waals surface area contributed by atoms with Crippen LogP contribution in [0, 0.1) is 11.3 Å². The summed E-state index contributed by atoms with van der Waals surface area (Å²) in [5, 5.41) is 23.7. The van der Waals surface area contributed by atoms with Crippen LogP contribution in [0.15, 0.2) is 24.3 Å². The van der Waals surface area contributed by atoms with Gasteiger partial charge in [-0.25, -0.2) is 4.79 Å². The van der Waals surface area contributed by atoms with Gasteiger partial charge in [-0.1, -0.05) is 25.0 Å². The standard InChI is InChI=1S/C15H19N3O2/c16-10-7-12-3-5-13(6-4-12)17-14(20)18-15(11-19)8-1-2-9-15/h3-6,19H,1-2,7-9,11H2,(H2,17,18,20). The number of carbonyl (C=O) groups excluding carboxylic acids is 1. The molecule has 0 aromatic heterocycles. The first-order valence-electron chi connectivity index (χ1n) is 6.83. The third-order valence-corrected chi connectivity index (χ3v) is 3.74. The molecule has 3 N–H and O–H groups in total. The number of urea groups is 1. The Hall–Kier alpha value is -2.06. The van der Waals surface area contributed by atoms with Gasteiger partial charge in [-0.15, -0.1) is 0 Å². The number of nitrogens with one attached hydrogen (secondary N) is 2. The van der Waals surface area contributed by atoms with Gasteiger partial charge in [0.25, 0.3) is 0 Å². The Balaban J connectivity index is 1.92. The monoisotopic (exact) mass is 273 g/mol. The fraction of sp³-hybridized carbons (Fsp3) is 0.467. The quantitative estimate of drug-likeness (QED) is 0.786. The Labute approximate surface area is 118 Å². The van der Waals surface area contributed by atoms with Crippen LogP contribution in [-0.2, 0) is 6.42 Å². The number of amides is 2. The zero-order chi connectivity index (χ0) is 14.4. The molecule has 0 bridgehead atoms. The molecule has 5 nitrogen and oxygen atoms in total. The summed E-state index contributed by atoms with van der Waals surface area (Å²) in [6.45, 7) is -0.0263. The lowest BCUT2D eigenvalue weighted by atomic mass is 9.99. The Morgan fingerprint density at radius 2 is 1.95 bits per heavy atom. The van der Waals surface area contributed by atoms with E-state index in [1.807, 2.05) is 12.1 Å². The van der Waals surface area contributed by atoms with Crippen LogP contribution in [0.3, 0.4) is 0 Å². The third kappa shape index (κ3) is 3.49. The minimum absolute atomic E-state index is 0.0263. The van der Waals surface area contributed by atoms with E-state index in [4.69, 9.17) is 5.26 Å². The summed E-state index contributed by atoms with van der Waals surface area (Å²) in [5.74, 6) is 0. The van der Waals surface area contributed by atoms with Crippen LogP contribution in [0.1, 0.15) is 31.2 Å². The molecule has 1 saturated carbocycles. The lowest BCUT2D eigenvalue weighted by molar-refractivity contribution is 0.167. The van der Waals surface area contributed by atoms with Crippen molar-refractivity contribution in [2.75, 3.05) is 11.9 Å². The van der Waals surface area contributed by atoms with E-state index < -0.39 is 5.54 Å². The molecular weight excluding hydrogens is 254 g/mol. The number of hydrogen-bond donors (Lipinski definition) is 3. The van der Waals surface area contributed by atoms with Gasteiger partial charge in [-0.2, -0.15) is 5.26 Å². The van der Waals surface area contributed by atoms with Crippen LogP contribution in [0.2, 0.25) is 0 Å². The molecule has 2 amide bonds. The maximum atomic E-state index is 12.0. The highest BCUT2D eigenvalue weighted by Crippen LogP contribution is 2.29. The van der Waals surface area contributed by atoms with E-state index in [0.29, 0.717) is 12.1 Å². The number of aliphatic hydroxyl groups is 1. The molecule has 0 saturated heterocycles. The fourth-order valence-electron chi connectivity index (χ4n) is 2.57. The minimum atomic E-state index is -0.467. The number of hydrogen-bond acceptors (Lipinski definition) is 3. The molecule has 20 heavy (non-hydrogen) atoms. The molecule has 0 radical (unpaired) electrons. The normalized spacial score (nSPS) is 16.4. The van der Waals surface area contributed by atoms with Crippen LogP contribution in [0.5, 0.6) is 0 Å². The molecule has 5 heteroatoms. The molecule has 1 aliphatic rings. The van der Waals surface area contributed by atoms with E-state index in [1.165, 1.54) is 0 Å². The lowest BCUT2D eigenvalue weighted by Gasteiger charge is -2.27. The number of rotatable bonds is 4. The second-order valence-electron chi connectivity index (χ2n) is 5.26. The average molecular weight is 273 g/mol. The van der Waals surface area contributed by atoms with E-state index >= 15 is 0 Å². The number of anilines is 1. The number of nitrogens with zero attached hydrogens (tertiary/aromatic N) is 1. The van der Waals surface area contributed by atoms with Crippen molar-refractivity contribution >= 4 is 11.7 Å². The smallest absolute Gasteiger partial charge is 0.319 e. The van der Waals surface area contributed by atoms with Gasteiger partial charge in [-0.05, 0) is 30.5 Å². The molecule has 0 unspecified atom stereocenters. The summed E-state index contributed by atoms with van der Waals surface area (Å²) in [6, 6.07) is 8.95. The zero-order valence-electron chi connectivity index (χ0n) is 11.4. The van der Waals surface area contributed by atoms with E-state index in [0.717, 1.165) is 31.2 Å². The van der Waals surface area contributed by atoms with Gasteiger partial charge in [0.05, 0.1) is 24.6 Å². The molecule has 106 valence electrons. The number of carbonyl (C=O) groups is 1. The van der Waals surface area contributed by atoms with Crippen molar-refractivity contribution in [2.24, 2.45) is 0 Å². The van der Waals surface area contributed by atoms with Gasteiger partial charge in [0.1, 0.15) is 0 Å². The van der Waals surface area contributed by atoms with Crippen LogP contribution in [0.25, 0.3) is 0 Å². The van der Waals surface area contributed by atoms with Crippen LogP contribution in [0.4, 0.5) is 10.5 Å². The minimum Gasteiger partial charge on any atom is -0.394 e. The summed E-state index contributed by atoms with van der Waals surface area (Å²) >= 11 is 0. The van der Waals surface area contributed by atoms with Crippen molar-refractivity contribution in [3.63, 3.8) is 0 Å². The SMILES string of the molecule is N#CCc1ccc(NC(=O)NC2(CO)CCCC2)cc1. The van der Waals surface area contributed by atoms with Crippen LogP contribution >= 0.6 is 0 Å². The first-order valence-corrected chi connectivity index (χ1v) is 6.83. The molecule has 1 aromatic rings. The van der Waals surface area contributed by atoms with Crippen molar-refractivity contribution in [1.29, 1.82) is 5.26 Å². The topological polar surface area (TPSA) is 85.2 Å². The fourth-order valence-corrected chi connectivity index (χ4v) is 2.57. The zero-order valence-corrected chi connectivity index (χ0v) is 11.4. The molecule has 1 aliphatic carbocycles. The van der Waals surface area contributed by atoms with E-state index in [-0.39, 0.29) is 12.6 Å². The Bertz CT molecular complexity index is 499. The summed E-state index contributed by atoms with van der Waals surface area (Å²) in [7, 11) is 0. The van der Waals surface area contributed by atoms with E-state index in [9.17, 15) is 9.90 Å². The molecule has 1 aromatic carbocycles. The molecule has 2 rings (SSSR count). The van der Waals surface area contributed by atoms with Crippen LogP contribution in [-0.4, -0.2) is 23.3 Å². The van der Waals surface area contributed by atoms with Gasteiger partial charge < -0.3 is 15.7 Å².